The minimum Gasteiger partial charge on any atom is -0.453 e. The Morgan fingerprint density at radius 2 is 2.13 bits per heavy atom. The molecule has 1 aliphatic rings. The minimum absolute atomic E-state index is 0.682. The van der Waals surface area contributed by atoms with Crippen LogP contribution in [0.3, 0.4) is 0 Å². The highest BCUT2D eigenvalue weighted by atomic mass is 35.5. The smallest absolute Gasteiger partial charge is 0.160 e. The zero-order chi connectivity index (χ0) is 10.3. The molecule has 0 amide bonds. The normalized spacial score (nSPS) is 12.6. The molecule has 0 bridgehead atoms. The van der Waals surface area contributed by atoms with Gasteiger partial charge >= 0.3 is 0 Å². The van der Waals surface area contributed by atoms with Crippen molar-refractivity contribution in [2.75, 3.05) is 0 Å². The number of rotatable bonds is 0. The lowest BCUT2D eigenvalue weighted by atomic mass is 10.3. The highest BCUT2D eigenvalue weighted by Gasteiger charge is 2.18. The van der Waals surface area contributed by atoms with Crippen LogP contribution in [0.5, 0.6) is 11.5 Å². The van der Waals surface area contributed by atoms with E-state index in [1.807, 2.05) is 30.3 Å². The van der Waals surface area contributed by atoms with Crippen LogP contribution in [0.15, 0.2) is 46.5 Å². The first kappa shape index (κ1) is 9.07. The number of nitrogens with zero attached hydrogens (tertiary/aromatic N) is 1. The second-order valence-electron chi connectivity index (χ2n) is 3.10. The molecule has 74 valence electrons. The number of halogens is 1. The molecule has 1 aliphatic heterocycles. The monoisotopic (exact) mass is 235 g/mol. The molecule has 2 aromatic rings. The van der Waals surface area contributed by atoms with Crippen molar-refractivity contribution in [3.63, 3.8) is 0 Å². The van der Waals surface area contributed by atoms with Crippen molar-refractivity contribution >= 4 is 23.4 Å². The molecule has 0 saturated carbocycles. The average molecular weight is 236 g/mol. The molecule has 0 fully saturated rings. The summed E-state index contributed by atoms with van der Waals surface area (Å²) in [6.45, 7) is 0. The summed E-state index contributed by atoms with van der Waals surface area (Å²) < 4.78 is 5.69. The van der Waals surface area contributed by atoms with E-state index in [0.29, 0.717) is 5.02 Å². The van der Waals surface area contributed by atoms with E-state index in [9.17, 15) is 0 Å². The quantitative estimate of drug-likeness (QED) is 0.588. The number of ether oxygens (including phenoxy) is 1. The summed E-state index contributed by atoms with van der Waals surface area (Å²) in [6, 6.07) is 9.37. The Labute approximate surface area is 96.2 Å². The summed E-state index contributed by atoms with van der Waals surface area (Å²) in [7, 11) is 0. The molecule has 2 heterocycles. The molecule has 0 radical (unpaired) electrons. The molecule has 0 atom stereocenters. The van der Waals surface area contributed by atoms with Gasteiger partial charge in [0.2, 0.25) is 0 Å². The van der Waals surface area contributed by atoms with Gasteiger partial charge in [0.15, 0.2) is 5.75 Å². The number of fused-ring (bicyclic) bond motifs is 2. The summed E-state index contributed by atoms with van der Waals surface area (Å²) in [6.07, 6.45) is 1.76. The Bertz CT molecular complexity index is 530. The van der Waals surface area contributed by atoms with E-state index in [1.54, 1.807) is 18.0 Å². The first-order chi connectivity index (χ1) is 7.33. The first-order valence-electron chi connectivity index (χ1n) is 4.43. The molecular weight excluding hydrogens is 230 g/mol. The Hall–Kier alpha value is -1.19. The van der Waals surface area contributed by atoms with Crippen LogP contribution in [-0.4, -0.2) is 4.98 Å². The predicted molar refractivity (Wildman–Crippen MR) is 59.9 cm³/mol. The summed E-state index contributed by atoms with van der Waals surface area (Å²) in [5.41, 5.74) is 0. The molecule has 0 spiro atoms. The number of hydrogen-bond acceptors (Lipinski definition) is 3. The van der Waals surface area contributed by atoms with Gasteiger partial charge in [0.05, 0.1) is 4.90 Å². The van der Waals surface area contributed by atoms with Crippen LogP contribution in [0.4, 0.5) is 0 Å². The fourth-order valence-corrected chi connectivity index (χ4v) is 2.43. The van der Waals surface area contributed by atoms with Crippen LogP contribution in [0.1, 0.15) is 0 Å². The average Bonchev–Trinajstić information content (AvgIpc) is 2.26. The number of pyridine rings is 1. The Balaban J connectivity index is 2.11. The predicted octanol–water partition coefficient (Wildman–Crippen LogP) is 3.99. The van der Waals surface area contributed by atoms with Crippen LogP contribution in [0, 0.1) is 0 Å². The molecule has 2 nitrogen and oxygen atoms in total. The molecule has 0 unspecified atom stereocenters. The van der Waals surface area contributed by atoms with E-state index in [2.05, 4.69) is 4.98 Å². The van der Waals surface area contributed by atoms with E-state index >= 15 is 0 Å². The Morgan fingerprint density at radius 1 is 1.20 bits per heavy atom. The van der Waals surface area contributed by atoms with Gasteiger partial charge in [0, 0.05) is 17.3 Å². The maximum absolute atomic E-state index is 5.90. The lowest BCUT2D eigenvalue weighted by Gasteiger charge is -2.18. The van der Waals surface area contributed by atoms with Crippen LogP contribution in [0.2, 0.25) is 5.02 Å². The summed E-state index contributed by atoms with van der Waals surface area (Å²) in [5, 5.41) is 1.58. The lowest BCUT2D eigenvalue weighted by Crippen LogP contribution is -1.96. The highest BCUT2D eigenvalue weighted by Crippen LogP contribution is 2.46. The zero-order valence-electron chi connectivity index (χ0n) is 7.61. The minimum atomic E-state index is 0.682. The van der Waals surface area contributed by atoms with Gasteiger partial charge in [-0.25, -0.2) is 4.98 Å². The third kappa shape index (κ3) is 1.58. The topological polar surface area (TPSA) is 22.1 Å². The molecule has 0 aliphatic carbocycles. The second kappa shape index (κ2) is 3.43. The van der Waals surface area contributed by atoms with Gasteiger partial charge < -0.3 is 4.74 Å². The SMILES string of the molecule is Clc1ccc2c(c1)Oc1cccnc1S2. The van der Waals surface area contributed by atoms with Crippen molar-refractivity contribution in [3.8, 4) is 11.5 Å². The third-order valence-electron chi connectivity index (χ3n) is 2.07. The van der Waals surface area contributed by atoms with Crippen molar-refractivity contribution in [2.24, 2.45) is 0 Å². The van der Waals surface area contributed by atoms with Gasteiger partial charge in [-0.1, -0.05) is 23.4 Å². The molecule has 1 aromatic carbocycles. The molecule has 0 N–H and O–H groups in total. The molecule has 4 heteroatoms. The van der Waals surface area contributed by atoms with Gasteiger partial charge in [-0.2, -0.15) is 0 Å². The fourth-order valence-electron chi connectivity index (χ4n) is 1.40. The highest BCUT2D eigenvalue weighted by molar-refractivity contribution is 7.99. The molecule has 3 rings (SSSR count). The number of hydrogen-bond donors (Lipinski definition) is 0. The molecule has 15 heavy (non-hydrogen) atoms. The first-order valence-corrected chi connectivity index (χ1v) is 5.63. The van der Waals surface area contributed by atoms with Crippen molar-refractivity contribution in [1.29, 1.82) is 0 Å². The van der Waals surface area contributed by atoms with E-state index in [0.717, 1.165) is 21.4 Å². The van der Waals surface area contributed by atoms with Crippen molar-refractivity contribution < 1.29 is 4.74 Å². The van der Waals surface area contributed by atoms with Gasteiger partial charge in [-0.05, 0) is 24.3 Å². The zero-order valence-corrected chi connectivity index (χ0v) is 9.18. The standard InChI is InChI=1S/C11H6ClNOS/c12-7-3-4-10-9(6-7)14-8-2-1-5-13-11(8)15-10/h1-6H. The lowest BCUT2D eigenvalue weighted by molar-refractivity contribution is 0.449. The van der Waals surface area contributed by atoms with E-state index in [1.165, 1.54) is 0 Å². The summed E-state index contributed by atoms with van der Waals surface area (Å²) >= 11 is 7.50. The molecule has 1 aromatic heterocycles. The Kier molecular flexibility index (Phi) is 2.08. The maximum atomic E-state index is 5.90. The number of benzene rings is 1. The summed E-state index contributed by atoms with van der Waals surface area (Å²) in [4.78, 5) is 5.29. The summed E-state index contributed by atoms with van der Waals surface area (Å²) in [5.74, 6) is 1.59. The van der Waals surface area contributed by atoms with Crippen molar-refractivity contribution in [1.82, 2.24) is 4.98 Å². The third-order valence-corrected chi connectivity index (χ3v) is 3.36. The molecule has 0 saturated heterocycles. The maximum Gasteiger partial charge on any atom is 0.160 e. The van der Waals surface area contributed by atoms with Crippen LogP contribution >= 0.6 is 23.4 Å². The fraction of sp³-hybridized carbons (Fsp3) is 0. The Morgan fingerprint density at radius 3 is 3.07 bits per heavy atom. The van der Waals surface area contributed by atoms with Gasteiger partial charge in [0.1, 0.15) is 10.8 Å². The van der Waals surface area contributed by atoms with Gasteiger partial charge in [-0.3, -0.25) is 0 Å². The van der Waals surface area contributed by atoms with E-state index < -0.39 is 0 Å². The van der Waals surface area contributed by atoms with Crippen LogP contribution < -0.4 is 4.74 Å². The number of aromatic nitrogens is 1. The van der Waals surface area contributed by atoms with E-state index in [-0.39, 0.29) is 0 Å². The van der Waals surface area contributed by atoms with Crippen LogP contribution in [-0.2, 0) is 0 Å². The van der Waals surface area contributed by atoms with Crippen molar-refractivity contribution in [3.05, 3.63) is 41.6 Å². The second-order valence-corrected chi connectivity index (χ2v) is 4.57. The molecular formula is C11H6ClNOS. The van der Waals surface area contributed by atoms with Gasteiger partial charge in [-0.15, -0.1) is 0 Å². The largest absolute Gasteiger partial charge is 0.453 e. The van der Waals surface area contributed by atoms with Gasteiger partial charge in [0.25, 0.3) is 0 Å². The van der Waals surface area contributed by atoms with E-state index in [4.69, 9.17) is 16.3 Å². The van der Waals surface area contributed by atoms with Crippen molar-refractivity contribution in [2.45, 2.75) is 9.92 Å². The van der Waals surface area contributed by atoms with Crippen LogP contribution in [0.25, 0.3) is 0 Å².